The van der Waals surface area contributed by atoms with Gasteiger partial charge in [-0.25, -0.2) is 13.2 Å². The van der Waals surface area contributed by atoms with Crippen LogP contribution in [0.3, 0.4) is 0 Å². The van der Waals surface area contributed by atoms with Crippen molar-refractivity contribution < 1.29 is 22.6 Å². The predicted octanol–water partition coefficient (Wildman–Crippen LogP) is 9.26. The van der Waals surface area contributed by atoms with Crippen molar-refractivity contribution in [3.05, 3.63) is 83.2 Å². The van der Waals surface area contributed by atoms with Crippen LogP contribution in [0.15, 0.2) is 54.6 Å². The first kappa shape index (κ1) is 27.1. The van der Waals surface area contributed by atoms with Crippen LogP contribution in [0.2, 0.25) is 0 Å². The lowest BCUT2D eigenvalue weighted by Gasteiger charge is -2.29. The molecule has 1 aliphatic carbocycles. The number of hydrogen-bond donors (Lipinski definition) is 0. The Morgan fingerprint density at radius 2 is 1.54 bits per heavy atom. The van der Waals surface area contributed by atoms with E-state index in [1.54, 1.807) is 24.3 Å². The molecule has 198 valence electrons. The molecule has 3 aromatic rings. The summed E-state index contributed by atoms with van der Waals surface area (Å²) in [6, 6.07) is 15.9. The third kappa shape index (κ3) is 6.88. The molecule has 1 aliphatic rings. The monoisotopic (exact) mass is 510 g/mol. The molecule has 37 heavy (non-hydrogen) atoms. The number of hydrogen-bond acceptors (Lipinski definition) is 2. The van der Waals surface area contributed by atoms with E-state index in [4.69, 9.17) is 9.47 Å². The van der Waals surface area contributed by atoms with Crippen molar-refractivity contribution in [2.75, 3.05) is 13.2 Å². The van der Waals surface area contributed by atoms with Gasteiger partial charge in [0, 0.05) is 11.6 Å². The van der Waals surface area contributed by atoms with Gasteiger partial charge < -0.3 is 9.47 Å². The Morgan fingerprint density at radius 1 is 0.784 bits per heavy atom. The van der Waals surface area contributed by atoms with E-state index in [0.717, 1.165) is 38.5 Å². The zero-order valence-electron chi connectivity index (χ0n) is 21.9. The Morgan fingerprint density at radius 3 is 2.22 bits per heavy atom. The van der Waals surface area contributed by atoms with Gasteiger partial charge in [-0.2, -0.15) is 0 Å². The zero-order valence-corrected chi connectivity index (χ0v) is 21.9. The van der Waals surface area contributed by atoms with Crippen LogP contribution >= 0.6 is 0 Å². The number of rotatable bonds is 11. The van der Waals surface area contributed by atoms with Gasteiger partial charge >= 0.3 is 0 Å². The molecule has 0 saturated heterocycles. The molecule has 0 aromatic heterocycles. The topological polar surface area (TPSA) is 18.5 Å². The third-order valence-electron chi connectivity index (χ3n) is 7.42. The van der Waals surface area contributed by atoms with Crippen LogP contribution in [0, 0.1) is 23.4 Å². The molecule has 1 fully saturated rings. The minimum atomic E-state index is -0.765. The van der Waals surface area contributed by atoms with E-state index in [1.165, 1.54) is 24.5 Å². The van der Waals surface area contributed by atoms with Gasteiger partial charge in [0.05, 0.1) is 13.2 Å². The maximum Gasteiger partial charge on any atom is 0.168 e. The summed E-state index contributed by atoms with van der Waals surface area (Å²) in [5.41, 5.74) is 2.70. The van der Waals surface area contributed by atoms with Crippen molar-refractivity contribution in [3.8, 4) is 22.6 Å². The first-order valence-corrected chi connectivity index (χ1v) is 13.6. The summed E-state index contributed by atoms with van der Waals surface area (Å²) < 4.78 is 55.4. The lowest BCUT2D eigenvalue weighted by Crippen LogP contribution is -2.20. The third-order valence-corrected chi connectivity index (χ3v) is 7.42. The van der Waals surface area contributed by atoms with Gasteiger partial charge in [0.25, 0.3) is 0 Å². The molecule has 0 heterocycles. The van der Waals surface area contributed by atoms with E-state index >= 15 is 8.78 Å². The lowest BCUT2D eigenvalue weighted by atomic mass is 9.78. The van der Waals surface area contributed by atoms with E-state index in [9.17, 15) is 4.39 Å². The Bertz CT molecular complexity index is 1150. The van der Waals surface area contributed by atoms with E-state index in [2.05, 4.69) is 6.92 Å². The molecule has 0 N–H and O–H groups in total. The fourth-order valence-corrected chi connectivity index (χ4v) is 5.23. The zero-order chi connectivity index (χ0) is 26.2. The minimum absolute atomic E-state index is 0.0105. The molecule has 5 heteroatoms. The predicted molar refractivity (Wildman–Crippen MR) is 143 cm³/mol. The molecule has 0 unspecified atom stereocenters. The van der Waals surface area contributed by atoms with Crippen LogP contribution in [-0.2, 0) is 6.42 Å². The van der Waals surface area contributed by atoms with E-state index < -0.39 is 17.5 Å². The second-order valence-corrected chi connectivity index (χ2v) is 10.0. The molecule has 2 nitrogen and oxygen atoms in total. The van der Waals surface area contributed by atoms with Crippen molar-refractivity contribution in [1.82, 2.24) is 0 Å². The maximum absolute atomic E-state index is 15.2. The number of unbranched alkanes of at least 4 members (excludes halogenated alkanes) is 2. The highest BCUT2D eigenvalue weighted by Gasteiger charge is 2.27. The average Bonchev–Trinajstić information content (AvgIpc) is 2.91. The van der Waals surface area contributed by atoms with Crippen molar-refractivity contribution in [1.29, 1.82) is 0 Å². The summed E-state index contributed by atoms with van der Waals surface area (Å²) in [5, 5.41) is 0. The molecule has 0 amide bonds. The fourth-order valence-electron chi connectivity index (χ4n) is 5.23. The quantitative estimate of drug-likeness (QED) is 0.239. The molecule has 0 radical (unpaired) electrons. The highest BCUT2D eigenvalue weighted by atomic mass is 19.2. The SMILES string of the molecule is CCCCCc1ccc(-c2ccc(C3CCC(COc4ccc(OCC)c(F)c4)CC3)c(F)c2F)cc1. The summed E-state index contributed by atoms with van der Waals surface area (Å²) in [6.45, 7) is 4.87. The van der Waals surface area contributed by atoms with Crippen LogP contribution < -0.4 is 9.47 Å². The van der Waals surface area contributed by atoms with Gasteiger partial charge in [0.15, 0.2) is 23.2 Å². The maximum atomic E-state index is 15.2. The molecular formula is C32H37F3O2. The van der Waals surface area contributed by atoms with Crippen molar-refractivity contribution in [2.24, 2.45) is 5.92 Å². The highest BCUT2D eigenvalue weighted by molar-refractivity contribution is 5.65. The normalized spacial score (nSPS) is 17.5. The summed E-state index contributed by atoms with van der Waals surface area (Å²) >= 11 is 0. The van der Waals surface area contributed by atoms with Gasteiger partial charge in [-0.05, 0) is 86.1 Å². The van der Waals surface area contributed by atoms with Crippen LogP contribution in [0.5, 0.6) is 11.5 Å². The summed E-state index contributed by atoms with van der Waals surface area (Å²) in [7, 11) is 0. The smallest absolute Gasteiger partial charge is 0.168 e. The number of ether oxygens (including phenoxy) is 2. The van der Waals surface area contributed by atoms with Crippen molar-refractivity contribution in [2.45, 2.75) is 71.1 Å². The van der Waals surface area contributed by atoms with Crippen molar-refractivity contribution in [3.63, 3.8) is 0 Å². The fraction of sp³-hybridized carbons (Fsp3) is 0.438. The van der Waals surface area contributed by atoms with Crippen molar-refractivity contribution >= 4 is 0 Å². The largest absolute Gasteiger partial charge is 0.493 e. The van der Waals surface area contributed by atoms with Gasteiger partial charge in [0.1, 0.15) is 5.75 Å². The Kier molecular flexibility index (Phi) is 9.54. The summed E-state index contributed by atoms with van der Waals surface area (Å²) in [6.07, 6.45) is 7.77. The average molecular weight is 511 g/mol. The molecule has 0 spiro atoms. The van der Waals surface area contributed by atoms with Gasteiger partial charge in [0.2, 0.25) is 0 Å². The van der Waals surface area contributed by atoms with E-state index in [-0.39, 0.29) is 11.7 Å². The Balaban J connectivity index is 1.33. The first-order chi connectivity index (χ1) is 18.0. The van der Waals surface area contributed by atoms with Crippen LogP contribution in [0.1, 0.15) is 75.8 Å². The summed E-state index contributed by atoms with van der Waals surface area (Å²) in [5.74, 6) is -0.950. The highest BCUT2D eigenvalue weighted by Crippen LogP contribution is 2.39. The molecular weight excluding hydrogens is 473 g/mol. The molecule has 3 aromatic carbocycles. The molecule has 0 aliphatic heterocycles. The second-order valence-electron chi connectivity index (χ2n) is 10.0. The standard InChI is InChI=1S/C32H37F3O2/c1-3-5-6-7-22-8-12-24(13-9-22)27-17-18-28(32(35)31(27)34)25-14-10-23(11-15-25)21-37-26-16-19-30(36-4-2)29(33)20-26/h8-9,12-13,16-20,23,25H,3-7,10-11,14-15,21H2,1-2H3. The van der Waals surface area contributed by atoms with Crippen LogP contribution in [0.4, 0.5) is 13.2 Å². The molecule has 1 saturated carbocycles. The summed E-state index contributed by atoms with van der Waals surface area (Å²) in [4.78, 5) is 0. The molecule has 4 rings (SSSR count). The van der Waals surface area contributed by atoms with Gasteiger partial charge in [-0.3, -0.25) is 0 Å². The first-order valence-electron chi connectivity index (χ1n) is 13.6. The number of aryl methyl sites for hydroxylation is 1. The second kappa shape index (κ2) is 13.0. The van der Waals surface area contributed by atoms with E-state index in [1.807, 2.05) is 31.2 Å². The molecule has 0 atom stereocenters. The van der Waals surface area contributed by atoms with Gasteiger partial charge in [-0.15, -0.1) is 0 Å². The number of halogens is 3. The number of benzene rings is 3. The Hall–Kier alpha value is -2.95. The lowest BCUT2D eigenvalue weighted by molar-refractivity contribution is 0.198. The Labute approximate surface area is 218 Å². The molecule has 0 bridgehead atoms. The van der Waals surface area contributed by atoms with E-state index in [0.29, 0.717) is 41.6 Å². The van der Waals surface area contributed by atoms with Crippen LogP contribution in [-0.4, -0.2) is 13.2 Å². The van der Waals surface area contributed by atoms with Crippen LogP contribution in [0.25, 0.3) is 11.1 Å². The minimum Gasteiger partial charge on any atom is -0.493 e. The van der Waals surface area contributed by atoms with Gasteiger partial charge in [-0.1, -0.05) is 56.2 Å².